The molecule has 0 saturated carbocycles. The monoisotopic (exact) mass is 318 g/mol. The van der Waals surface area contributed by atoms with E-state index in [1.807, 2.05) is 25.1 Å². The van der Waals surface area contributed by atoms with Crippen molar-refractivity contribution >= 4 is 5.97 Å². The molecule has 1 aromatic rings. The van der Waals surface area contributed by atoms with E-state index < -0.39 is 0 Å². The molecule has 0 heterocycles. The number of benzene rings is 1. The molecule has 0 radical (unpaired) electrons. The molecule has 1 rings (SSSR count). The third-order valence-electron chi connectivity index (χ3n) is 4.18. The molecule has 130 valence electrons. The van der Waals surface area contributed by atoms with E-state index >= 15 is 0 Å². The maximum atomic E-state index is 11.8. The molecule has 1 atom stereocenters. The van der Waals surface area contributed by atoms with Gasteiger partial charge in [-0.25, -0.2) is 0 Å². The predicted octanol–water partition coefficient (Wildman–Crippen LogP) is 6.08. The summed E-state index contributed by atoms with van der Waals surface area (Å²) in [7, 11) is 0. The molecular formula is C21H34O2. The molecule has 0 aliphatic rings. The Morgan fingerprint density at radius 3 is 2.09 bits per heavy atom. The summed E-state index contributed by atoms with van der Waals surface area (Å²) in [6, 6.07) is 10.2. The summed E-state index contributed by atoms with van der Waals surface area (Å²) in [6.07, 6.45) is 12.8. The van der Waals surface area contributed by atoms with Crippen molar-refractivity contribution in [2.75, 3.05) is 0 Å². The Balaban J connectivity index is 1.97. The van der Waals surface area contributed by atoms with Crippen LogP contribution in [-0.4, -0.2) is 12.1 Å². The maximum Gasteiger partial charge on any atom is 0.306 e. The van der Waals surface area contributed by atoms with Crippen molar-refractivity contribution < 1.29 is 9.53 Å². The van der Waals surface area contributed by atoms with Gasteiger partial charge in [-0.2, -0.15) is 0 Å². The van der Waals surface area contributed by atoms with Crippen LogP contribution >= 0.6 is 0 Å². The fourth-order valence-corrected chi connectivity index (χ4v) is 2.85. The Labute approximate surface area is 142 Å². The Kier molecular flexibility index (Phi) is 11.3. The molecule has 1 unspecified atom stereocenters. The van der Waals surface area contributed by atoms with Gasteiger partial charge in [0.1, 0.15) is 6.10 Å². The number of rotatable bonds is 13. The molecule has 1 aromatic carbocycles. The Morgan fingerprint density at radius 1 is 0.913 bits per heavy atom. The lowest BCUT2D eigenvalue weighted by atomic mass is 10.1. The van der Waals surface area contributed by atoms with E-state index in [0.717, 1.165) is 19.3 Å². The summed E-state index contributed by atoms with van der Waals surface area (Å²) < 4.78 is 5.49. The van der Waals surface area contributed by atoms with Gasteiger partial charge in [0, 0.05) is 12.8 Å². The molecule has 0 aliphatic carbocycles. The van der Waals surface area contributed by atoms with Crippen LogP contribution in [0.25, 0.3) is 0 Å². The normalized spacial score (nSPS) is 12.1. The zero-order chi connectivity index (χ0) is 16.8. The van der Waals surface area contributed by atoms with E-state index in [4.69, 9.17) is 4.74 Å². The highest BCUT2D eigenvalue weighted by atomic mass is 16.5. The second kappa shape index (κ2) is 13.2. The van der Waals surface area contributed by atoms with Crippen LogP contribution in [0.3, 0.4) is 0 Å². The first-order valence-electron chi connectivity index (χ1n) is 9.45. The first kappa shape index (κ1) is 19.7. The highest BCUT2D eigenvalue weighted by Crippen LogP contribution is 2.12. The molecule has 0 N–H and O–H groups in total. The minimum Gasteiger partial charge on any atom is -0.462 e. The van der Waals surface area contributed by atoms with Crippen LogP contribution in [0.15, 0.2) is 30.3 Å². The second-order valence-corrected chi connectivity index (χ2v) is 6.57. The highest BCUT2D eigenvalue weighted by Gasteiger charge is 2.09. The zero-order valence-corrected chi connectivity index (χ0v) is 15.1. The van der Waals surface area contributed by atoms with Gasteiger partial charge in [-0.1, -0.05) is 88.6 Å². The minimum atomic E-state index is -0.0450. The average Bonchev–Trinajstić information content (AvgIpc) is 2.54. The first-order chi connectivity index (χ1) is 11.2. The number of esters is 1. The van der Waals surface area contributed by atoms with E-state index in [-0.39, 0.29) is 12.1 Å². The topological polar surface area (TPSA) is 26.3 Å². The molecule has 0 aromatic heterocycles. The van der Waals surface area contributed by atoms with Gasteiger partial charge in [-0.15, -0.1) is 0 Å². The van der Waals surface area contributed by atoms with Crippen LogP contribution in [0.2, 0.25) is 0 Å². The van der Waals surface area contributed by atoms with Gasteiger partial charge in [-0.05, 0) is 18.9 Å². The summed E-state index contributed by atoms with van der Waals surface area (Å²) in [5.74, 6) is -0.0450. The molecule has 0 fully saturated rings. The Morgan fingerprint density at radius 2 is 1.48 bits per heavy atom. The summed E-state index contributed by atoms with van der Waals surface area (Å²) in [5, 5.41) is 0. The maximum absolute atomic E-state index is 11.8. The van der Waals surface area contributed by atoms with Crippen molar-refractivity contribution in [3.63, 3.8) is 0 Å². The third-order valence-corrected chi connectivity index (χ3v) is 4.18. The number of ether oxygens (including phenoxy) is 1. The van der Waals surface area contributed by atoms with Crippen LogP contribution in [0.4, 0.5) is 0 Å². The van der Waals surface area contributed by atoms with Crippen molar-refractivity contribution in [3.8, 4) is 0 Å². The second-order valence-electron chi connectivity index (χ2n) is 6.57. The molecule has 0 amide bonds. The van der Waals surface area contributed by atoms with Crippen LogP contribution in [-0.2, 0) is 16.0 Å². The summed E-state index contributed by atoms with van der Waals surface area (Å²) in [4.78, 5) is 11.8. The van der Waals surface area contributed by atoms with Gasteiger partial charge in [0.2, 0.25) is 0 Å². The quantitative estimate of drug-likeness (QED) is 0.325. The number of carbonyl (C=O) groups is 1. The highest BCUT2D eigenvalue weighted by molar-refractivity contribution is 5.69. The summed E-state index contributed by atoms with van der Waals surface area (Å²) >= 11 is 0. The lowest BCUT2D eigenvalue weighted by molar-refractivity contribution is -0.148. The molecule has 23 heavy (non-hydrogen) atoms. The van der Waals surface area contributed by atoms with Crippen LogP contribution in [0, 0.1) is 0 Å². The molecule has 0 aliphatic heterocycles. The molecule has 0 saturated heterocycles. The average molecular weight is 319 g/mol. The predicted molar refractivity (Wildman–Crippen MR) is 97.5 cm³/mol. The smallest absolute Gasteiger partial charge is 0.306 e. The lowest BCUT2D eigenvalue weighted by Gasteiger charge is -2.13. The van der Waals surface area contributed by atoms with Crippen molar-refractivity contribution in [3.05, 3.63) is 35.9 Å². The fraction of sp³-hybridized carbons (Fsp3) is 0.667. The zero-order valence-electron chi connectivity index (χ0n) is 15.1. The van der Waals surface area contributed by atoms with Crippen molar-refractivity contribution in [1.29, 1.82) is 0 Å². The molecule has 0 bridgehead atoms. The number of carbonyl (C=O) groups excluding carboxylic acids is 1. The summed E-state index contributed by atoms with van der Waals surface area (Å²) in [6.45, 7) is 4.22. The molecule has 0 spiro atoms. The first-order valence-corrected chi connectivity index (χ1v) is 9.45. The van der Waals surface area contributed by atoms with Gasteiger partial charge in [0.25, 0.3) is 0 Å². The number of unbranched alkanes of at least 4 members (excludes halogenated alkanes) is 8. The van der Waals surface area contributed by atoms with Gasteiger partial charge < -0.3 is 4.74 Å². The van der Waals surface area contributed by atoms with E-state index in [1.165, 1.54) is 50.5 Å². The van der Waals surface area contributed by atoms with Crippen LogP contribution in [0.1, 0.15) is 83.6 Å². The van der Waals surface area contributed by atoms with Crippen molar-refractivity contribution in [2.24, 2.45) is 0 Å². The van der Waals surface area contributed by atoms with Gasteiger partial charge in [0.05, 0.1) is 0 Å². The molecular weight excluding hydrogens is 284 g/mol. The Hall–Kier alpha value is -1.31. The summed E-state index contributed by atoms with van der Waals surface area (Å²) in [5.41, 5.74) is 1.22. The van der Waals surface area contributed by atoms with E-state index in [2.05, 4.69) is 19.1 Å². The van der Waals surface area contributed by atoms with Gasteiger partial charge in [-0.3, -0.25) is 4.79 Å². The van der Waals surface area contributed by atoms with Crippen molar-refractivity contribution in [2.45, 2.75) is 90.6 Å². The lowest BCUT2D eigenvalue weighted by Crippen LogP contribution is -2.17. The van der Waals surface area contributed by atoms with E-state index in [0.29, 0.717) is 6.42 Å². The number of hydrogen-bond acceptors (Lipinski definition) is 2. The minimum absolute atomic E-state index is 0.0385. The third kappa shape index (κ3) is 11.0. The fourth-order valence-electron chi connectivity index (χ4n) is 2.85. The SMILES string of the molecule is CCCCCCCCCCCC(=O)OC(C)Cc1ccccc1. The Bertz CT molecular complexity index is 400. The van der Waals surface area contributed by atoms with E-state index in [9.17, 15) is 4.79 Å². The van der Waals surface area contributed by atoms with Gasteiger partial charge in [0.15, 0.2) is 0 Å². The van der Waals surface area contributed by atoms with Gasteiger partial charge >= 0.3 is 5.97 Å². The molecule has 2 heteroatoms. The largest absolute Gasteiger partial charge is 0.462 e. The van der Waals surface area contributed by atoms with Crippen molar-refractivity contribution in [1.82, 2.24) is 0 Å². The number of hydrogen-bond donors (Lipinski definition) is 0. The van der Waals surface area contributed by atoms with Crippen LogP contribution < -0.4 is 0 Å². The molecule has 2 nitrogen and oxygen atoms in total. The van der Waals surface area contributed by atoms with Crippen LogP contribution in [0.5, 0.6) is 0 Å². The van der Waals surface area contributed by atoms with E-state index in [1.54, 1.807) is 0 Å². The standard InChI is InChI=1S/C21H34O2/c1-3-4-5-6-7-8-9-10-14-17-21(22)23-19(2)18-20-15-12-11-13-16-20/h11-13,15-16,19H,3-10,14,17-18H2,1-2H3.